The standard InChI is InChI=1S/C19H22N2O3S/c1-3-25(23,24)20-13-15-7-8-16-9-10-21(18(16)12-15)19(22)17-6-4-5-14(2)11-17/h4-8,11-12,20H,3,9-10,13H2,1-2H3. The Bertz CT molecular complexity index is 907. The van der Waals surface area contributed by atoms with Gasteiger partial charge in [0.1, 0.15) is 0 Å². The van der Waals surface area contributed by atoms with Crippen LogP contribution in [0.4, 0.5) is 5.69 Å². The molecule has 0 fully saturated rings. The zero-order valence-corrected chi connectivity index (χ0v) is 15.3. The molecule has 25 heavy (non-hydrogen) atoms. The Morgan fingerprint density at radius 3 is 2.72 bits per heavy atom. The summed E-state index contributed by atoms with van der Waals surface area (Å²) < 4.78 is 25.8. The molecule has 0 unspecified atom stereocenters. The molecule has 2 aromatic carbocycles. The molecule has 0 spiro atoms. The second kappa shape index (κ2) is 6.98. The molecule has 0 bridgehead atoms. The summed E-state index contributed by atoms with van der Waals surface area (Å²) in [5, 5.41) is 0. The number of aryl methyl sites for hydroxylation is 1. The van der Waals surface area contributed by atoms with Gasteiger partial charge in [0.2, 0.25) is 10.0 Å². The predicted octanol–water partition coefficient (Wildman–Crippen LogP) is 2.64. The van der Waals surface area contributed by atoms with Crippen LogP contribution in [-0.4, -0.2) is 26.6 Å². The molecule has 0 radical (unpaired) electrons. The van der Waals surface area contributed by atoms with Gasteiger partial charge in [-0.3, -0.25) is 4.79 Å². The van der Waals surface area contributed by atoms with Gasteiger partial charge in [0, 0.05) is 24.3 Å². The van der Waals surface area contributed by atoms with Crippen LogP contribution in [0.15, 0.2) is 42.5 Å². The Labute approximate surface area is 148 Å². The van der Waals surface area contributed by atoms with E-state index in [0.717, 1.165) is 28.8 Å². The van der Waals surface area contributed by atoms with Crippen LogP contribution in [-0.2, 0) is 23.0 Å². The summed E-state index contributed by atoms with van der Waals surface area (Å²) >= 11 is 0. The second-order valence-electron chi connectivity index (χ2n) is 6.26. The first-order valence-electron chi connectivity index (χ1n) is 8.37. The van der Waals surface area contributed by atoms with Crippen molar-refractivity contribution in [3.63, 3.8) is 0 Å². The molecule has 0 aliphatic carbocycles. The van der Waals surface area contributed by atoms with E-state index in [9.17, 15) is 13.2 Å². The van der Waals surface area contributed by atoms with Gasteiger partial charge in [-0.15, -0.1) is 0 Å². The van der Waals surface area contributed by atoms with Crippen molar-refractivity contribution < 1.29 is 13.2 Å². The van der Waals surface area contributed by atoms with Crippen LogP contribution in [0.5, 0.6) is 0 Å². The van der Waals surface area contributed by atoms with Crippen LogP contribution < -0.4 is 9.62 Å². The number of carbonyl (C=O) groups is 1. The van der Waals surface area contributed by atoms with Gasteiger partial charge in [0.05, 0.1) is 5.75 Å². The maximum absolute atomic E-state index is 12.9. The summed E-state index contributed by atoms with van der Waals surface area (Å²) in [7, 11) is -3.24. The molecule has 1 aliphatic heterocycles. The molecule has 1 aliphatic rings. The van der Waals surface area contributed by atoms with Crippen molar-refractivity contribution in [2.45, 2.75) is 26.8 Å². The highest BCUT2D eigenvalue weighted by Gasteiger charge is 2.26. The van der Waals surface area contributed by atoms with Crippen molar-refractivity contribution in [1.29, 1.82) is 0 Å². The molecule has 3 rings (SSSR count). The third-order valence-corrected chi connectivity index (χ3v) is 5.78. The molecule has 1 amide bonds. The van der Waals surface area contributed by atoms with Crippen molar-refractivity contribution in [3.05, 3.63) is 64.7 Å². The molecule has 5 nitrogen and oxygen atoms in total. The lowest BCUT2D eigenvalue weighted by Gasteiger charge is -2.18. The van der Waals surface area contributed by atoms with Gasteiger partial charge in [-0.25, -0.2) is 13.1 Å². The van der Waals surface area contributed by atoms with E-state index in [1.807, 2.05) is 49.4 Å². The number of anilines is 1. The number of sulfonamides is 1. The molecular formula is C19H22N2O3S. The van der Waals surface area contributed by atoms with E-state index >= 15 is 0 Å². The lowest BCUT2D eigenvalue weighted by molar-refractivity contribution is 0.0989. The first-order chi connectivity index (χ1) is 11.9. The van der Waals surface area contributed by atoms with E-state index in [1.165, 1.54) is 0 Å². The third-order valence-electron chi connectivity index (χ3n) is 4.43. The quantitative estimate of drug-likeness (QED) is 0.893. The molecule has 0 saturated heterocycles. The Morgan fingerprint density at radius 2 is 2.00 bits per heavy atom. The maximum atomic E-state index is 12.9. The number of fused-ring (bicyclic) bond motifs is 1. The summed E-state index contributed by atoms with van der Waals surface area (Å²) in [4.78, 5) is 14.6. The van der Waals surface area contributed by atoms with E-state index < -0.39 is 10.0 Å². The van der Waals surface area contributed by atoms with Crippen LogP contribution >= 0.6 is 0 Å². The van der Waals surface area contributed by atoms with Crippen molar-refractivity contribution in [2.75, 3.05) is 17.2 Å². The van der Waals surface area contributed by atoms with Gasteiger partial charge in [-0.1, -0.05) is 29.8 Å². The van der Waals surface area contributed by atoms with Gasteiger partial charge in [0.15, 0.2) is 0 Å². The average Bonchev–Trinajstić information content (AvgIpc) is 3.02. The minimum Gasteiger partial charge on any atom is -0.308 e. The SMILES string of the molecule is CCS(=O)(=O)NCc1ccc2c(c1)N(C(=O)c1cccc(C)c1)CC2. The molecule has 6 heteroatoms. The van der Waals surface area contributed by atoms with E-state index in [0.29, 0.717) is 12.1 Å². The zero-order valence-electron chi connectivity index (χ0n) is 14.5. The van der Waals surface area contributed by atoms with Crippen LogP contribution in [0.1, 0.15) is 34.0 Å². The zero-order chi connectivity index (χ0) is 18.0. The molecular weight excluding hydrogens is 336 g/mol. The summed E-state index contributed by atoms with van der Waals surface area (Å²) in [6.45, 7) is 4.45. The topological polar surface area (TPSA) is 66.5 Å². The van der Waals surface area contributed by atoms with Crippen LogP contribution in [0, 0.1) is 6.92 Å². The number of nitrogens with one attached hydrogen (secondary N) is 1. The Morgan fingerprint density at radius 1 is 1.20 bits per heavy atom. The molecule has 0 saturated carbocycles. The monoisotopic (exact) mass is 358 g/mol. The highest BCUT2D eigenvalue weighted by atomic mass is 32.2. The number of carbonyl (C=O) groups excluding carboxylic acids is 1. The lowest BCUT2D eigenvalue weighted by atomic mass is 10.1. The normalized spacial score (nSPS) is 13.8. The predicted molar refractivity (Wildman–Crippen MR) is 99.3 cm³/mol. The molecule has 0 atom stereocenters. The Kier molecular flexibility index (Phi) is 4.92. The average molecular weight is 358 g/mol. The van der Waals surface area contributed by atoms with Gasteiger partial charge in [0.25, 0.3) is 5.91 Å². The molecule has 1 heterocycles. The largest absolute Gasteiger partial charge is 0.308 e. The van der Waals surface area contributed by atoms with Crippen molar-refractivity contribution >= 4 is 21.6 Å². The number of nitrogens with zero attached hydrogens (tertiary/aromatic N) is 1. The molecule has 132 valence electrons. The van der Waals surface area contributed by atoms with E-state index in [-0.39, 0.29) is 18.2 Å². The summed E-state index contributed by atoms with van der Waals surface area (Å²) in [6, 6.07) is 13.4. The number of amides is 1. The Balaban J connectivity index is 1.83. The number of hydrogen-bond donors (Lipinski definition) is 1. The number of benzene rings is 2. The van der Waals surface area contributed by atoms with Crippen molar-refractivity contribution in [3.8, 4) is 0 Å². The van der Waals surface area contributed by atoms with Crippen molar-refractivity contribution in [2.24, 2.45) is 0 Å². The lowest BCUT2D eigenvalue weighted by Crippen LogP contribution is -2.29. The number of hydrogen-bond acceptors (Lipinski definition) is 3. The fourth-order valence-corrected chi connectivity index (χ4v) is 3.57. The van der Waals surface area contributed by atoms with E-state index in [1.54, 1.807) is 11.8 Å². The van der Waals surface area contributed by atoms with Crippen LogP contribution in [0.2, 0.25) is 0 Å². The van der Waals surface area contributed by atoms with Crippen molar-refractivity contribution in [1.82, 2.24) is 4.72 Å². The van der Waals surface area contributed by atoms with Gasteiger partial charge >= 0.3 is 0 Å². The van der Waals surface area contributed by atoms with Gasteiger partial charge in [-0.2, -0.15) is 0 Å². The van der Waals surface area contributed by atoms with Crippen LogP contribution in [0.25, 0.3) is 0 Å². The third kappa shape index (κ3) is 3.91. The second-order valence-corrected chi connectivity index (χ2v) is 8.36. The van der Waals surface area contributed by atoms with E-state index in [4.69, 9.17) is 0 Å². The molecule has 0 aromatic heterocycles. The fourth-order valence-electron chi connectivity index (χ4n) is 2.97. The minimum absolute atomic E-state index is 0.0197. The molecule has 2 aromatic rings. The highest BCUT2D eigenvalue weighted by molar-refractivity contribution is 7.89. The summed E-state index contributed by atoms with van der Waals surface area (Å²) in [6.07, 6.45) is 0.813. The fraction of sp³-hybridized carbons (Fsp3) is 0.316. The first-order valence-corrected chi connectivity index (χ1v) is 10.0. The highest BCUT2D eigenvalue weighted by Crippen LogP contribution is 2.30. The maximum Gasteiger partial charge on any atom is 0.258 e. The molecule has 1 N–H and O–H groups in total. The summed E-state index contributed by atoms with van der Waals surface area (Å²) in [5.41, 5.74) is 4.56. The minimum atomic E-state index is -3.24. The number of rotatable bonds is 5. The van der Waals surface area contributed by atoms with Gasteiger partial charge in [-0.05, 0) is 49.6 Å². The Hall–Kier alpha value is -2.18. The van der Waals surface area contributed by atoms with E-state index in [2.05, 4.69) is 4.72 Å². The van der Waals surface area contributed by atoms with Crippen LogP contribution in [0.3, 0.4) is 0 Å². The first kappa shape index (κ1) is 17.6. The summed E-state index contributed by atoms with van der Waals surface area (Å²) in [5.74, 6) is 0.0318. The van der Waals surface area contributed by atoms with Gasteiger partial charge < -0.3 is 4.90 Å². The smallest absolute Gasteiger partial charge is 0.258 e.